The first kappa shape index (κ1) is 17.3. The zero-order valence-electron chi connectivity index (χ0n) is 13.7. The molecule has 0 aliphatic heterocycles. The van der Waals surface area contributed by atoms with Gasteiger partial charge in [0.1, 0.15) is 16.5 Å². The van der Waals surface area contributed by atoms with E-state index < -0.39 is 11.7 Å². The Balaban J connectivity index is 2.01. The SMILES string of the molecule is Cc1ccc(C)c(-n2c(N)c(C(=O)Nc3cccc(F)c3)sc2=S)c1. The van der Waals surface area contributed by atoms with E-state index in [0.717, 1.165) is 28.2 Å². The smallest absolute Gasteiger partial charge is 0.269 e. The lowest BCUT2D eigenvalue weighted by molar-refractivity contribution is 0.103. The number of hydrogen-bond acceptors (Lipinski definition) is 4. The first-order valence-corrected chi connectivity index (χ1v) is 8.75. The lowest BCUT2D eigenvalue weighted by Crippen LogP contribution is -2.13. The van der Waals surface area contributed by atoms with Crippen molar-refractivity contribution in [3.63, 3.8) is 0 Å². The van der Waals surface area contributed by atoms with Crippen LogP contribution in [-0.2, 0) is 0 Å². The molecule has 0 atom stereocenters. The molecular weight excluding hydrogens is 357 g/mol. The van der Waals surface area contributed by atoms with E-state index in [1.165, 1.54) is 18.2 Å². The van der Waals surface area contributed by atoms with E-state index >= 15 is 0 Å². The summed E-state index contributed by atoms with van der Waals surface area (Å²) in [5.41, 5.74) is 9.50. The number of nitrogens with one attached hydrogen (secondary N) is 1. The third kappa shape index (κ3) is 3.47. The van der Waals surface area contributed by atoms with Crippen LogP contribution in [0.25, 0.3) is 5.69 Å². The normalized spacial score (nSPS) is 10.7. The van der Waals surface area contributed by atoms with Crippen LogP contribution in [0.4, 0.5) is 15.9 Å². The molecule has 0 saturated carbocycles. The Morgan fingerprint density at radius 1 is 1.24 bits per heavy atom. The Labute approximate surface area is 153 Å². The number of rotatable bonds is 3. The number of carbonyl (C=O) groups is 1. The maximum Gasteiger partial charge on any atom is 0.269 e. The van der Waals surface area contributed by atoms with E-state index in [1.54, 1.807) is 10.6 Å². The van der Waals surface area contributed by atoms with Crippen molar-refractivity contribution in [3.05, 3.63) is 68.2 Å². The van der Waals surface area contributed by atoms with Crippen molar-refractivity contribution in [1.29, 1.82) is 0 Å². The number of halogens is 1. The molecule has 0 radical (unpaired) electrons. The average Bonchev–Trinajstić information content (AvgIpc) is 2.85. The third-order valence-electron chi connectivity index (χ3n) is 3.74. The minimum absolute atomic E-state index is 0.276. The standard InChI is InChI=1S/C18H16FN3OS2/c1-10-6-7-11(2)14(8-10)22-16(20)15(25-18(22)24)17(23)21-13-5-3-4-12(19)9-13/h3-9H,20H2,1-2H3,(H,21,23). The predicted octanol–water partition coefficient (Wildman–Crippen LogP) is 4.86. The number of nitrogens with zero attached hydrogens (tertiary/aromatic N) is 1. The van der Waals surface area contributed by atoms with Gasteiger partial charge in [0.25, 0.3) is 5.91 Å². The number of nitrogens with two attached hydrogens (primary N) is 1. The van der Waals surface area contributed by atoms with Crippen LogP contribution >= 0.6 is 23.6 Å². The number of benzene rings is 2. The van der Waals surface area contributed by atoms with Crippen LogP contribution < -0.4 is 11.1 Å². The molecule has 0 aliphatic carbocycles. The maximum atomic E-state index is 13.3. The number of anilines is 2. The lowest BCUT2D eigenvalue weighted by atomic mass is 10.1. The predicted molar refractivity (Wildman–Crippen MR) is 103 cm³/mol. The van der Waals surface area contributed by atoms with E-state index in [2.05, 4.69) is 5.32 Å². The van der Waals surface area contributed by atoms with Gasteiger partial charge in [-0.25, -0.2) is 4.39 Å². The summed E-state index contributed by atoms with van der Waals surface area (Å²) in [6.07, 6.45) is 0. The Bertz CT molecular complexity index is 1020. The molecule has 0 spiro atoms. The molecule has 128 valence electrons. The molecule has 1 heterocycles. The number of aromatic nitrogens is 1. The molecular formula is C18H16FN3OS2. The molecule has 0 unspecified atom stereocenters. The highest BCUT2D eigenvalue weighted by molar-refractivity contribution is 7.73. The average molecular weight is 373 g/mol. The van der Waals surface area contributed by atoms with Crippen LogP contribution in [-0.4, -0.2) is 10.5 Å². The second kappa shape index (κ2) is 6.78. The molecule has 2 aromatic carbocycles. The van der Waals surface area contributed by atoms with Crippen molar-refractivity contribution >= 4 is 41.0 Å². The van der Waals surface area contributed by atoms with Gasteiger partial charge in [0.2, 0.25) is 0 Å². The molecule has 3 aromatic rings. The summed E-state index contributed by atoms with van der Waals surface area (Å²) in [7, 11) is 0. The summed E-state index contributed by atoms with van der Waals surface area (Å²) < 4.78 is 15.5. The molecule has 0 aliphatic rings. The first-order valence-electron chi connectivity index (χ1n) is 7.52. The second-order valence-electron chi connectivity index (χ2n) is 5.67. The number of amides is 1. The highest BCUT2D eigenvalue weighted by Gasteiger charge is 2.19. The first-order chi connectivity index (χ1) is 11.9. The van der Waals surface area contributed by atoms with Crippen molar-refractivity contribution in [2.45, 2.75) is 13.8 Å². The van der Waals surface area contributed by atoms with Gasteiger partial charge in [-0.15, -0.1) is 0 Å². The molecule has 1 aromatic heterocycles. The van der Waals surface area contributed by atoms with Gasteiger partial charge in [0.15, 0.2) is 3.95 Å². The van der Waals surface area contributed by atoms with Crippen molar-refractivity contribution < 1.29 is 9.18 Å². The van der Waals surface area contributed by atoms with Gasteiger partial charge in [-0.1, -0.05) is 29.5 Å². The molecule has 7 heteroatoms. The van der Waals surface area contributed by atoms with Crippen molar-refractivity contribution in [2.24, 2.45) is 0 Å². The largest absolute Gasteiger partial charge is 0.383 e. The van der Waals surface area contributed by atoms with Crippen LogP contribution in [0.15, 0.2) is 42.5 Å². The Hall–Kier alpha value is -2.51. The van der Waals surface area contributed by atoms with E-state index in [0.29, 0.717) is 14.5 Å². The minimum atomic E-state index is -0.425. The van der Waals surface area contributed by atoms with Crippen LogP contribution in [0.5, 0.6) is 0 Å². The lowest BCUT2D eigenvalue weighted by Gasteiger charge is -2.11. The van der Waals surface area contributed by atoms with Crippen LogP contribution in [0.2, 0.25) is 0 Å². The van der Waals surface area contributed by atoms with Crippen molar-refractivity contribution in [2.75, 3.05) is 11.1 Å². The summed E-state index contributed by atoms with van der Waals surface area (Å²) in [6.45, 7) is 3.94. The zero-order chi connectivity index (χ0) is 18.1. The molecule has 25 heavy (non-hydrogen) atoms. The van der Waals surface area contributed by atoms with Crippen LogP contribution in [0.3, 0.4) is 0 Å². The number of thiazole rings is 1. The molecule has 0 fully saturated rings. The van der Waals surface area contributed by atoms with Gasteiger partial charge < -0.3 is 11.1 Å². The van der Waals surface area contributed by atoms with Gasteiger partial charge in [0.05, 0.1) is 5.69 Å². The molecule has 0 saturated heterocycles. The van der Waals surface area contributed by atoms with Gasteiger partial charge in [-0.3, -0.25) is 9.36 Å². The number of aryl methyl sites for hydroxylation is 2. The van der Waals surface area contributed by atoms with E-state index in [9.17, 15) is 9.18 Å². The minimum Gasteiger partial charge on any atom is -0.383 e. The molecule has 4 nitrogen and oxygen atoms in total. The zero-order valence-corrected chi connectivity index (χ0v) is 15.3. The molecule has 1 amide bonds. The van der Waals surface area contributed by atoms with Gasteiger partial charge >= 0.3 is 0 Å². The summed E-state index contributed by atoms with van der Waals surface area (Å²) in [5, 5.41) is 2.65. The third-order valence-corrected chi connectivity index (χ3v) is 5.13. The van der Waals surface area contributed by atoms with Crippen LogP contribution in [0.1, 0.15) is 20.8 Å². The molecule has 0 bridgehead atoms. The molecule has 3 rings (SSSR count). The topological polar surface area (TPSA) is 60.0 Å². The number of carbonyl (C=O) groups excluding carboxylic acids is 1. The molecule has 3 N–H and O–H groups in total. The van der Waals surface area contributed by atoms with E-state index in [1.807, 2.05) is 32.0 Å². The van der Waals surface area contributed by atoms with Gasteiger partial charge in [-0.05, 0) is 61.5 Å². The summed E-state index contributed by atoms with van der Waals surface area (Å²) in [6, 6.07) is 11.6. The fourth-order valence-corrected chi connectivity index (χ4v) is 3.74. The second-order valence-corrected chi connectivity index (χ2v) is 7.32. The highest BCUT2D eigenvalue weighted by Crippen LogP contribution is 2.29. The number of nitrogen functional groups attached to an aromatic ring is 1. The Kier molecular flexibility index (Phi) is 4.69. The van der Waals surface area contributed by atoms with E-state index in [4.69, 9.17) is 18.0 Å². The van der Waals surface area contributed by atoms with Gasteiger partial charge in [-0.2, -0.15) is 0 Å². The Morgan fingerprint density at radius 3 is 2.72 bits per heavy atom. The fraction of sp³-hybridized carbons (Fsp3) is 0.111. The quantitative estimate of drug-likeness (QED) is 0.645. The van der Waals surface area contributed by atoms with E-state index in [-0.39, 0.29) is 5.82 Å². The summed E-state index contributed by atoms with van der Waals surface area (Å²) in [5.74, 6) is -0.563. The fourth-order valence-electron chi connectivity index (χ4n) is 2.49. The maximum absolute atomic E-state index is 13.3. The summed E-state index contributed by atoms with van der Waals surface area (Å²) in [4.78, 5) is 12.8. The van der Waals surface area contributed by atoms with Crippen LogP contribution in [0, 0.1) is 23.6 Å². The van der Waals surface area contributed by atoms with Gasteiger partial charge in [0, 0.05) is 5.69 Å². The highest BCUT2D eigenvalue weighted by atomic mass is 32.1. The van der Waals surface area contributed by atoms with Crippen molar-refractivity contribution in [1.82, 2.24) is 4.57 Å². The number of hydrogen-bond donors (Lipinski definition) is 2. The summed E-state index contributed by atoms with van der Waals surface area (Å²) >= 11 is 6.54. The van der Waals surface area contributed by atoms with Crippen molar-refractivity contribution in [3.8, 4) is 5.69 Å². The Morgan fingerprint density at radius 2 is 2.00 bits per heavy atom. The monoisotopic (exact) mass is 373 g/mol.